The van der Waals surface area contributed by atoms with E-state index in [1.165, 1.54) is 25.7 Å². The van der Waals surface area contributed by atoms with Gasteiger partial charge in [-0.2, -0.15) is 0 Å². The number of aromatic amines is 1. The fourth-order valence-electron chi connectivity index (χ4n) is 2.57. The third-order valence-corrected chi connectivity index (χ3v) is 3.59. The molecule has 1 aliphatic carbocycles. The number of nitrogens with one attached hydrogen (secondary N) is 1. The normalized spacial score (nSPS) is 16.4. The molecule has 1 aromatic heterocycles. The van der Waals surface area contributed by atoms with Crippen LogP contribution in [0.2, 0.25) is 0 Å². The van der Waals surface area contributed by atoms with Crippen molar-refractivity contribution >= 4 is 5.95 Å². The van der Waals surface area contributed by atoms with Gasteiger partial charge >= 0.3 is 0 Å². The summed E-state index contributed by atoms with van der Waals surface area (Å²) >= 11 is 0. The maximum absolute atomic E-state index is 11.7. The molecule has 0 unspecified atom stereocenters. The van der Waals surface area contributed by atoms with E-state index in [1.807, 2.05) is 0 Å². The summed E-state index contributed by atoms with van der Waals surface area (Å²) in [5.41, 5.74) is 0.956. The average molecular weight is 235 g/mol. The quantitative estimate of drug-likeness (QED) is 0.871. The molecule has 4 heteroatoms. The summed E-state index contributed by atoms with van der Waals surface area (Å²) < 4.78 is 0. The Morgan fingerprint density at radius 3 is 2.59 bits per heavy atom. The van der Waals surface area contributed by atoms with E-state index in [0.29, 0.717) is 5.92 Å². The summed E-state index contributed by atoms with van der Waals surface area (Å²) in [6.45, 7) is 5.89. The third-order valence-electron chi connectivity index (χ3n) is 3.59. The van der Waals surface area contributed by atoms with Crippen LogP contribution in [0.4, 0.5) is 5.95 Å². The first kappa shape index (κ1) is 12.1. The van der Waals surface area contributed by atoms with Crippen LogP contribution in [-0.2, 0) is 0 Å². The van der Waals surface area contributed by atoms with Crippen LogP contribution in [0, 0.1) is 0 Å². The van der Waals surface area contributed by atoms with Crippen LogP contribution in [0.5, 0.6) is 0 Å². The first-order chi connectivity index (χ1) is 8.24. The van der Waals surface area contributed by atoms with Crippen molar-refractivity contribution in [2.24, 2.45) is 0 Å². The van der Waals surface area contributed by atoms with Gasteiger partial charge in [0.2, 0.25) is 5.95 Å². The fraction of sp³-hybridized carbons (Fsp3) is 0.692. The highest BCUT2D eigenvalue weighted by Crippen LogP contribution is 2.32. The lowest BCUT2D eigenvalue weighted by molar-refractivity contribution is 0.684. The van der Waals surface area contributed by atoms with Crippen molar-refractivity contribution < 1.29 is 0 Å². The van der Waals surface area contributed by atoms with Gasteiger partial charge in [-0.1, -0.05) is 12.8 Å². The Kier molecular flexibility index (Phi) is 3.82. The molecule has 94 valence electrons. The molecule has 0 spiro atoms. The first-order valence-electron chi connectivity index (χ1n) is 6.60. The summed E-state index contributed by atoms with van der Waals surface area (Å²) in [5, 5.41) is 0. The zero-order chi connectivity index (χ0) is 12.3. The Morgan fingerprint density at radius 1 is 1.35 bits per heavy atom. The maximum atomic E-state index is 11.7. The maximum Gasteiger partial charge on any atom is 0.252 e. The van der Waals surface area contributed by atoms with Crippen molar-refractivity contribution in [1.82, 2.24) is 9.97 Å². The SMILES string of the molecule is CCN(CC)c1nc(C2CCCC2)cc(=O)[nH]1. The van der Waals surface area contributed by atoms with Crippen molar-refractivity contribution in [3.8, 4) is 0 Å². The lowest BCUT2D eigenvalue weighted by Gasteiger charge is -2.20. The molecule has 1 N–H and O–H groups in total. The molecule has 0 amide bonds. The van der Waals surface area contributed by atoms with E-state index >= 15 is 0 Å². The number of nitrogens with zero attached hydrogens (tertiary/aromatic N) is 2. The van der Waals surface area contributed by atoms with Crippen LogP contribution in [0.25, 0.3) is 0 Å². The van der Waals surface area contributed by atoms with Crippen LogP contribution in [0.15, 0.2) is 10.9 Å². The van der Waals surface area contributed by atoms with Gasteiger partial charge in [0.05, 0.1) is 5.69 Å². The lowest BCUT2D eigenvalue weighted by Crippen LogP contribution is -2.27. The van der Waals surface area contributed by atoms with Gasteiger partial charge in [-0.3, -0.25) is 9.78 Å². The molecule has 0 saturated heterocycles. The number of rotatable bonds is 4. The third kappa shape index (κ3) is 2.68. The molecule has 1 fully saturated rings. The highest BCUT2D eigenvalue weighted by atomic mass is 16.1. The Morgan fingerprint density at radius 2 is 2.00 bits per heavy atom. The summed E-state index contributed by atoms with van der Waals surface area (Å²) in [5.74, 6) is 1.22. The van der Waals surface area contributed by atoms with E-state index in [2.05, 4.69) is 28.7 Å². The van der Waals surface area contributed by atoms with Gasteiger partial charge in [-0.05, 0) is 26.7 Å². The van der Waals surface area contributed by atoms with E-state index in [4.69, 9.17) is 0 Å². The molecule has 17 heavy (non-hydrogen) atoms. The molecular formula is C13H21N3O. The molecule has 0 radical (unpaired) electrons. The molecule has 1 heterocycles. The minimum Gasteiger partial charge on any atom is -0.343 e. The summed E-state index contributed by atoms with van der Waals surface area (Å²) in [6.07, 6.45) is 4.88. The predicted octanol–water partition coefficient (Wildman–Crippen LogP) is 2.27. The summed E-state index contributed by atoms with van der Waals surface area (Å²) in [6, 6.07) is 1.67. The standard InChI is InChI=1S/C13H21N3O/c1-3-16(4-2)13-14-11(9-12(17)15-13)10-7-5-6-8-10/h9-10H,3-8H2,1-2H3,(H,14,15,17). The van der Waals surface area contributed by atoms with Gasteiger partial charge < -0.3 is 4.90 Å². The van der Waals surface area contributed by atoms with Crippen LogP contribution in [0.1, 0.15) is 51.1 Å². The highest BCUT2D eigenvalue weighted by molar-refractivity contribution is 5.30. The number of hydrogen-bond donors (Lipinski definition) is 1. The van der Waals surface area contributed by atoms with E-state index in [9.17, 15) is 4.79 Å². The van der Waals surface area contributed by atoms with Gasteiger partial charge in [0.25, 0.3) is 5.56 Å². The number of aromatic nitrogens is 2. The molecule has 0 atom stereocenters. The van der Waals surface area contributed by atoms with Crippen LogP contribution in [0.3, 0.4) is 0 Å². The van der Waals surface area contributed by atoms with Crippen molar-refractivity contribution in [2.75, 3.05) is 18.0 Å². The van der Waals surface area contributed by atoms with Crippen molar-refractivity contribution in [2.45, 2.75) is 45.4 Å². The number of H-pyrrole nitrogens is 1. The summed E-state index contributed by atoms with van der Waals surface area (Å²) in [7, 11) is 0. The second kappa shape index (κ2) is 5.34. The molecule has 1 aliphatic rings. The van der Waals surface area contributed by atoms with Crippen molar-refractivity contribution in [3.63, 3.8) is 0 Å². The molecule has 1 aromatic rings. The zero-order valence-electron chi connectivity index (χ0n) is 10.7. The van der Waals surface area contributed by atoms with E-state index < -0.39 is 0 Å². The van der Waals surface area contributed by atoms with Crippen LogP contribution in [-0.4, -0.2) is 23.1 Å². The Labute approximate surface area is 102 Å². The average Bonchev–Trinajstić information content (AvgIpc) is 2.83. The first-order valence-corrected chi connectivity index (χ1v) is 6.60. The molecule has 0 aliphatic heterocycles. The topological polar surface area (TPSA) is 49.0 Å². The van der Waals surface area contributed by atoms with Crippen LogP contribution >= 0.6 is 0 Å². The van der Waals surface area contributed by atoms with Crippen molar-refractivity contribution in [1.29, 1.82) is 0 Å². The lowest BCUT2D eigenvalue weighted by atomic mass is 10.0. The van der Waals surface area contributed by atoms with Gasteiger partial charge in [-0.25, -0.2) is 4.98 Å². The minimum atomic E-state index is -0.0243. The summed E-state index contributed by atoms with van der Waals surface area (Å²) in [4.78, 5) is 21.2. The predicted molar refractivity (Wildman–Crippen MR) is 69.6 cm³/mol. The van der Waals surface area contributed by atoms with Gasteiger partial charge in [0.15, 0.2) is 0 Å². The van der Waals surface area contributed by atoms with Crippen LogP contribution < -0.4 is 10.5 Å². The van der Waals surface area contributed by atoms with Gasteiger partial charge in [-0.15, -0.1) is 0 Å². The number of hydrogen-bond acceptors (Lipinski definition) is 3. The van der Waals surface area contributed by atoms with Crippen molar-refractivity contribution in [3.05, 3.63) is 22.1 Å². The molecule has 0 aromatic carbocycles. The van der Waals surface area contributed by atoms with E-state index in [1.54, 1.807) is 6.07 Å². The Balaban J connectivity index is 2.31. The second-order valence-electron chi connectivity index (χ2n) is 4.65. The second-order valence-corrected chi connectivity index (χ2v) is 4.65. The van der Waals surface area contributed by atoms with E-state index in [0.717, 1.165) is 24.7 Å². The van der Waals surface area contributed by atoms with Gasteiger partial charge in [0, 0.05) is 25.1 Å². The number of anilines is 1. The molecule has 4 nitrogen and oxygen atoms in total. The Hall–Kier alpha value is -1.32. The molecule has 0 bridgehead atoms. The molecule has 1 saturated carbocycles. The van der Waals surface area contributed by atoms with E-state index in [-0.39, 0.29) is 5.56 Å². The monoisotopic (exact) mass is 235 g/mol. The molecule has 2 rings (SSSR count). The minimum absolute atomic E-state index is 0.0243. The smallest absolute Gasteiger partial charge is 0.252 e. The Bertz CT molecular complexity index is 394. The fourth-order valence-corrected chi connectivity index (χ4v) is 2.57. The zero-order valence-corrected chi connectivity index (χ0v) is 10.7. The van der Waals surface area contributed by atoms with Gasteiger partial charge in [0.1, 0.15) is 0 Å². The molecular weight excluding hydrogens is 214 g/mol. The largest absolute Gasteiger partial charge is 0.343 e. The highest BCUT2D eigenvalue weighted by Gasteiger charge is 2.20.